The first-order valence-corrected chi connectivity index (χ1v) is 7.79. The molecule has 2 aliphatic rings. The van der Waals surface area contributed by atoms with Crippen molar-refractivity contribution in [3.63, 3.8) is 0 Å². The van der Waals surface area contributed by atoms with Gasteiger partial charge in [0.05, 0.1) is 0 Å². The second-order valence-corrected chi connectivity index (χ2v) is 5.94. The standard InChI is InChI=1S/C15H30N2/c1-4-12-8-7-9-15(12)17-11-13(5-2)16-10-14(17)6-3/h12-16H,4-11H2,1-3H3. The fourth-order valence-corrected chi connectivity index (χ4v) is 3.88. The van der Waals surface area contributed by atoms with Crippen LogP contribution in [-0.4, -0.2) is 36.1 Å². The van der Waals surface area contributed by atoms with Crippen LogP contribution in [0.5, 0.6) is 0 Å². The first-order chi connectivity index (χ1) is 8.30. The average molecular weight is 238 g/mol. The highest BCUT2D eigenvalue weighted by atomic mass is 15.3. The second kappa shape index (κ2) is 6.19. The van der Waals surface area contributed by atoms with E-state index in [2.05, 4.69) is 31.0 Å². The molecule has 0 amide bonds. The van der Waals surface area contributed by atoms with E-state index in [0.717, 1.165) is 24.0 Å². The van der Waals surface area contributed by atoms with Gasteiger partial charge in [0.25, 0.3) is 0 Å². The summed E-state index contributed by atoms with van der Waals surface area (Å²) in [5, 5.41) is 3.71. The van der Waals surface area contributed by atoms with E-state index in [4.69, 9.17) is 0 Å². The minimum absolute atomic E-state index is 0.732. The van der Waals surface area contributed by atoms with Gasteiger partial charge >= 0.3 is 0 Å². The summed E-state index contributed by atoms with van der Waals surface area (Å²) in [5.41, 5.74) is 0. The lowest BCUT2D eigenvalue weighted by Crippen LogP contribution is -2.59. The van der Waals surface area contributed by atoms with Gasteiger partial charge in [-0.25, -0.2) is 0 Å². The number of piperazine rings is 1. The Morgan fingerprint density at radius 2 is 1.88 bits per heavy atom. The Balaban J connectivity index is 2.03. The lowest BCUT2D eigenvalue weighted by atomic mass is 9.94. The molecule has 0 aromatic rings. The van der Waals surface area contributed by atoms with E-state index in [1.165, 1.54) is 51.6 Å². The molecule has 0 spiro atoms. The summed E-state index contributed by atoms with van der Waals surface area (Å²) in [4.78, 5) is 2.87. The van der Waals surface area contributed by atoms with Gasteiger partial charge < -0.3 is 5.32 Å². The molecular formula is C15H30N2. The maximum Gasteiger partial charge on any atom is 0.0221 e. The molecule has 1 aliphatic heterocycles. The Kier molecular flexibility index (Phi) is 4.87. The average Bonchev–Trinajstić information content (AvgIpc) is 2.86. The highest BCUT2D eigenvalue weighted by molar-refractivity contribution is 4.93. The van der Waals surface area contributed by atoms with Crippen LogP contribution in [0.3, 0.4) is 0 Å². The normalized spacial score (nSPS) is 39.7. The number of rotatable bonds is 4. The molecule has 2 rings (SSSR count). The Morgan fingerprint density at radius 1 is 1.06 bits per heavy atom. The van der Waals surface area contributed by atoms with E-state index in [9.17, 15) is 0 Å². The van der Waals surface area contributed by atoms with Gasteiger partial charge in [0.1, 0.15) is 0 Å². The van der Waals surface area contributed by atoms with Crippen LogP contribution in [0.4, 0.5) is 0 Å². The maximum absolute atomic E-state index is 3.71. The van der Waals surface area contributed by atoms with Gasteiger partial charge in [-0.1, -0.05) is 33.6 Å². The van der Waals surface area contributed by atoms with Crippen molar-refractivity contribution >= 4 is 0 Å². The molecule has 1 saturated carbocycles. The Bertz CT molecular complexity index is 229. The molecule has 2 nitrogen and oxygen atoms in total. The Labute approximate surface area is 107 Å². The SMILES string of the molecule is CCC1CN(C2CCCC2CC)C(CC)CN1. The molecule has 1 N–H and O–H groups in total. The zero-order chi connectivity index (χ0) is 12.3. The number of hydrogen-bond acceptors (Lipinski definition) is 2. The predicted molar refractivity (Wildman–Crippen MR) is 74.3 cm³/mol. The summed E-state index contributed by atoms with van der Waals surface area (Å²) in [6, 6.07) is 2.41. The highest BCUT2D eigenvalue weighted by Gasteiger charge is 2.36. The molecular weight excluding hydrogens is 208 g/mol. The van der Waals surface area contributed by atoms with Crippen LogP contribution >= 0.6 is 0 Å². The molecule has 1 saturated heterocycles. The van der Waals surface area contributed by atoms with E-state index in [1.54, 1.807) is 0 Å². The summed E-state index contributed by atoms with van der Waals surface area (Å²) >= 11 is 0. The van der Waals surface area contributed by atoms with Crippen molar-refractivity contribution < 1.29 is 0 Å². The molecule has 0 aromatic carbocycles. The van der Waals surface area contributed by atoms with E-state index in [-0.39, 0.29) is 0 Å². The quantitative estimate of drug-likeness (QED) is 0.810. The van der Waals surface area contributed by atoms with Crippen molar-refractivity contribution in [2.45, 2.75) is 77.4 Å². The zero-order valence-electron chi connectivity index (χ0n) is 11.9. The molecule has 0 aromatic heterocycles. The Hall–Kier alpha value is -0.0800. The van der Waals surface area contributed by atoms with Crippen molar-refractivity contribution in [1.29, 1.82) is 0 Å². The van der Waals surface area contributed by atoms with Crippen molar-refractivity contribution in [2.24, 2.45) is 5.92 Å². The maximum atomic E-state index is 3.71. The van der Waals surface area contributed by atoms with Crippen LogP contribution in [-0.2, 0) is 0 Å². The van der Waals surface area contributed by atoms with Gasteiger partial charge in [0.2, 0.25) is 0 Å². The summed E-state index contributed by atoms with van der Waals surface area (Å²) in [5.74, 6) is 0.972. The fraction of sp³-hybridized carbons (Fsp3) is 1.00. The monoisotopic (exact) mass is 238 g/mol. The van der Waals surface area contributed by atoms with Crippen LogP contribution in [0.1, 0.15) is 59.3 Å². The number of nitrogens with zero attached hydrogens (tertiary/aromatic N) is 1. The van der Waals surface area contributed by atoms with E-state index >= 15 is 0 Å². The molecule has 4 atom stereocenters. The van der Waals surface area contributed by atoms with Gasteiger partial charge in [-0.3, -0.25) is 4.90 Å². The summed E-state index contributed by atoms with van der Waals surface area (Å²) < 4.78 is 0. The first kappa shape index (κ1) is 13.4. The summed E-state index contributed by atoms with van der Waals surface area (Å²) in [6.45, 7) is 9.54. The van der Waals surface area contributed by atoms with Gasteiger partial charge in [0, 0.05) is 31.2 Å². The minimum Gasteiger partial charge on any atom is -0.311 e. The molecule has 0 bridgehead atoms. The molecule has 2 heteroatoms. The van der Waals surface area contributed by atoms with Crippen LogP contribution < -0.4 is 5.32 Å². The molecule has 4 unspecified atom stereocenters. The van der Waals surface area contributed by atoms with Crippen molar-refractivity contribution in [3.8, 4) is 0 Å². The topological polar surface area (TPSA) is 15.3 Å². The summed E-state index contributed by atoms with van der Waals surface area (Å²) in [6.07, 6.45) is 8.33. The van der Waals surface area contributed by atoms with E-state index < -0.39 is 0 Å². The van der Waals surface area contributed by atoms with E-state index in [0.29, 0.717) is 0 Å². The van der Waals surface area contributed by atoms with Crippen molar-refractivity contribution in [3.05, 3.63) is 0 Å². The smallest absolute Gasteiger partial charge is 0.0221 e. The van der Waals surface area contributed by atoms with Crippen LogP contribution in [0, 0.1) is 5.92 Å². The number of nitrogens with one attached hydrogen (secondary N) is 1. The van der Waals surface area contributed by atoms with Gasteiger partial charge in [0.15, 0.2) is 0 Å². The molecule has 1 heterocycles. The fourth-order valence-electron chi connectivity index (χ4n) is 3.88. The van der Waals surface area contributed by atoms with Crippen LogP contribution in [0.25, 0.3) is 0 Å². The molecule has 1 aliphatic carbocycles. The molecule has 2 fully saturated rings. The summed E-state index contributed by atoms with van der Waals surface area (Å²) in [7, 11) is 0. The Morgan fingerprint density at radius 3 is 2.53 bits per heavy atom. The van der Waals surface area contributed by atoms with Gasteiger partial charge in [-0.05, 0) is 31.6 Å². The van der Waals surface area contributed by atoms with Crippen molar-refractivity contribution in [2.75, 3.05) is 13.1 Å². The molecule has 100 valence electrons. The van der Waals surface area contributed by atoms with Crippen LogP contribution in [0.15, 0.2) is 0 Å². The van der Waals surface area contributed by atoms with Gasteiger partial charge in [-0.2, -0.15) is 0 Å². The molecule has 0 radical (unpaired) electrons. The van der Waals surface area contributed by atoms with Crippen molar-refractivity contribution in [1.82, 2.24) is 10.2 Å². The minimum atomic E-state index is 0.732. The number of hydrogen-bond donors (Lipinski definition) is 1. The third-order valence-electron chi connectivity index (χ3n) is 5.08. The first-order valence-electron chi connectivity index (χ1n) is 7.79. The largest absolute Gasteiger partial charge is 0.311 e. The third kappa shape index (κ3) is 2.85. The van der Waals surface area contributed by atoms with E-state index in [1.807, 2.05) is 0 Å². The predicted octanol–water partition coefficient (Wildman–Crippen LogP) is 3.03. The highest BCUT2D eigenvalue weighted by Crippen LogP contribution is 2.34. The second-order valence-electron chi connectivity index (χ2n) is 5.94. The molecule has 17 heavy (non-hydrogen) atoms. The zero-order valence-corrected chi connectivity index (χ0v) is 11.9. The van der Waals surface area contributed by atoms with Gasteiger partial charge in [-0.15, -0.1) is 0 Å². The lowest BCUT2D eigenvalue weighted by Gasteiger charge is -2.45. The van der Waals surface area contributed by atoms with Crippen LogP contribution in [0.2, 0.25) is 0 Å². The lowest BCUT2D eigenvalue weighted by molar-refractivity contribution is 0.0580. The third-order valence-corrected chi connectivity index (χ3v) is 5.08.